The van der Waals surface area contributed by atoms with Gasteiger partial charge in [0.25, 0.3) is 6.71 Å². The van der Waals surface area contributed by atoms with Gasteiger partial charge in [-0.3, -0.25) is 0 Å². The molecule has 0 spiro atoms. The van der Waals surface area contributed by atoms with Crippen molar-refractivity contribution in [3.05, 3.63) is 378 Å². The summed E-state index contributed by atoms with van der Waals surface area (Å²) in [6.07, 6.45) is 0. The average molecular weight is 1560 g/mol. The summed E-state index contributed by atoms with van der Waals surface area (Å²) < 4.78 is 143. The van der Waals surface area contributed by atoms with Crippen molar-refractivity contribution in [3.63, 3.8) is 0 Å². The molecule has 0 bridgehead atoms. The second-order valence-electron chi connectivity index (χ2n) is 36.8. The maximum Gasteiger partial charge on any atom is 0.252 e. The lowest BCUT2D eigenvalue weighted by atomic mass is 9.33. The van der Waals surface area contributed by atoms with Gasteiger partial charge in [0.1, 0.15) is 0 Å². The molecule has 16 aromatic carbocycles. The second kappa shape index (κ2) is 28.5. The lowest BCUT2D eigenvalue weighted by molar-refractivity contribution is 0.590. The van der Waals surface area contributed by atoms with E-state index in [1.165, 1.54) is 0 Å². The minimum atomic E-state index is -0.865. The highest BCUT2D eigenvalue weighted by Gasteiger charge is 2.47. The lowest BCUT2D eigenvalue weighted by Gasteiger charge is -2.46. The van der Waals surface area contributed by atoms with Gasteiger partial charge in [0.05, 0.1) is 52.6 Å². The Kier molecular flexibility index (Phi) is 14.5. The topological polar surface area (TPSA) is 16.3 Å². The molecule has 0 atom stereocenters. The fraction of sp³-hybridized carbons (Fsp3) is 0.165. The number of aromatic nitrogens is 2. The van der Waals surface area contributed by atoms with Crippen molar-refractivity contribution < 1.29 is 19.2 Å². The summed E-state index contributed by atoms with van der Waals surface area (Å²) >= 11 is 0. The summed E-state index contributed by atoms with van der Waals surface area (Å²) in [6, 6.07) is 85.3. The number of aryl methyl sites for hydroxylation is 3. The minimum absolute atomic E-state index is 0.0338. The molecule has 5 heteroatoms. The van der Waals surface area contributed by atoms with Gasteiger partial charge in [-0.25, -0.2) is 0 Å². The van der Waals surface area contributed by atoms with Crippen LogP contribution in [-0.2, 0) is 21.7 Å². The first-order valence-electron chi connectivity index (χ1n) is 48.7. The highest BCUT2D eigenvalue weighted by atomic mass is 15.2. The number of fused-ring (bicyclic) bond motifs is 10. The predicted molar refractivity (Wildman–Crippen MR) is 516 cm³/mol. The molecule has 4 nitrogen and oxygen atoms in total. The lowest BCUT2D eigenvalue weighted by Crippen LogP contribution is -2.61. The van der Waals surface area contributed by atoms with Crippen LogP contribution in [0, 0.1) is 20.8 Å². The van der Waals surface area contributed by atoms with Crippen LogP contribution in [0.2, 0.25) is 0 Å². The molecule has 4 heterocycles. The van der Waals surface area contributed by atoms with E-state index in [1.807, 2.05) is 77.9 Å². The van der Waals surface area contributed by atoms with Crippen molar-refractivity contribution in [2.45, 2.75) is 126 Å². The van der Waals surface area contributed by atoms with Crippen LogP contribution in [0.25, 0.3) is 133 Å². The third kappa shape index (κ3) is 12.8. The number of hydrogen-bond donors (Lipinski definition) is 0. The maximum absolute atomic E-state index is 10.5. The predicted octanol–water partition coefficient (Wildman–Crippen LogP) is 29.7. The summed E-state index contributed by atoms with van der Waals surface area (Å²) in [4.78, 5) is 4.84. The van der Waals surface area contributed by atoms with Gasteiger partial charge in [-0.1, -0.05) is 331 Å². The fourth-order valence-corrected chi connectivity index (χ4v) is 18.5. The largest absolute Gasteiger partial charge is 0.310 e. The molecule has 0 saturated carbocycles. The summed E-state index contributed by atoms with van der Waals surface area (Å²) in [5, 5.41) is 0.353. The molecule has 2 aliphatic rings. The van der Waals surface area contributed by atoms with Crippen molar-refractivity contribution in [3.8, 4) is 89.3 Å². The van der Waals surface area contributed by atoms with Crippen LogP contribution in [0.15, 0.2) is 339 Å². The van der Waals surface area contributed by atoms with E-state index in [4.69, 9.17) is 0 Å². The van der Waals surface area contributed by atoms with Gasteiger partial charge in [-0.15, -0.1) is 0 Å². The van der Waals surface area contributed by atoms with E-state index >= 15 is 0 Å². The summed E-state index contributed by atoms with van der Waals surface area (Å²) in [7, 11) is 0. The Bertz CT molecular complexity index is 7830. The zero-order valence-electron chi connectivity index (χ0n) is 84.6. The first kappa shape index (κ1) is 61.2. The smallest absolute Gasteiger partial charge is 0.252 e. The van der Waals surface area contributed by atoms with Crippen LogP contribution < -0.4 is 26.2 Å². The van der Waals surface area contributed by atoms with Crippen LogP contribution >= 0.6 is 0 Å². The Labute approximate surface area is 728 Å². The number of anilines is 6. The zero-order chi connectivity index (χ0) is 94.8. The van der Waals surface area contributed by atoms with Crippen molar-refractivity contribution in [2.75, 3.05) is 9.80 Å². The Balaban J connectivity index is 1.03. The highest BCUT2D eigenvalue weighted by molar-refractivity contribution is 7.00. The van der Waals surface area contributed by atoms with E-state index in [1.54, 1.807) is 9.13 Å². The van der Waals surface area contributed by atoms with E-state index in [2.05, 4.69) is 291 Å². The molecule has 0 saturated heterocycles. The number of hydrogen-bond acceptors (Lipinski definition) is 2. The average Bonchev–Trinajstić information content (AvgIpc) is 1.18. The maximum atomic E-state index is 10.5. The molecule has 2 aliphatic heterocycles. The molecular formula is C115H101BN4. The Morgan fingerprint density at radius 3 is 0.950 bits per heavy atom. The van der Waals surface area contributed by atoms with E-state index in [9.17, 15) is 19.2 Å². The Hall–Kier alpha value is -13.2. The van der Waals surface area contributed by atoms with E-state index in [0.29, 0.717) is 22.7 Å². The third-order valence-electron chi connectivity index (χ3n) is 24.5. The van der Waals surface area contributed by atoms with Crippen molar-refractivity contribution in [1.82, 2.24) is 9.13 Å². The molecule has 20 rings (SSSR count). The third-order valence-corrected chi connectivity index (χ3v) is 24.5. The first-order chi connectivity index (χ1) is 63.6. The van der Waals surface area contributed by atoms with Gasteiger partial charge in [0, 0.05) is 77.9 Å². The van der Waals surface area contributed by atoms with Gasteiger partial charge in [-0.2, -0.15) is 0 Å². The Morgan fingerprint density at radius 2 is 0.592 bits per heavy atom. The summed E-state index contributed by atoms with van der Waals surface area (Å²) in [5.41, 5.74) is 24.0. The van der Waals surface area contributed by atoms with Gasteiger partial charge in [0.15, 0.2) is 0 Å². The van der Waals surface area contributed by atoms with Gasteiger partial charge < -0.3 is 18.9 Å². The van der Waals surface area contributed by atoms with Gasteiger partial charge in [-0.05, 0) is 245 Å². The van der Waals surface area contributed by atoms with Crippen LogP contribution in [0.4, 0.5) is 34.1 Å². The highest BCUT2D eigenvalue weighted by Crippen LogP contribution is 2.57. The molecule has 0 radical (unpaired) electrons. The molecule has 0 aliphatic carbocycles. The van der Waals surface area contributed by atoms with Crippen LogP contribution in [0.3, 0.4) is 0 Å². The van der Waals surface area contributed by atoms with E-state index in [0.717, 1.165) is 145 Å². The molecular weight excluding hydrogens is 1450 g/mol. The molecule has 0 amide bonds. The van der Waals surface area contributed by atoms with Gasteiger partial charge in [0.2, 0.25) is 0 Å². The fourth-order valence-electron chi connectivity index (χ4n) is 18.5. The molecule has 584 valence electrons. The first-order valence-corrected chi connectivity index (χ1v) is 41.7. The number of para-hydroxylation sites is 2. The van der Waals surface area contributed by atoms with Crippen LogP contribution in [0.5, 0.6) is 0 Å². The molecule has 0 unspecified atom stereocenters. The summed E-state index contributed by atoms with van der Waals surface area (Å²) in [6.45, 7) is 30.4. The number of nitrogens with zero attached hydrogens (tertiary/aromatic N) is 4. The van der Waals surface area contributed by atoms with Crippen molar-refractivity contribution >= 4 is 101 Å². The van der Waals surface area contributed by atoms with Crippen molar-refractivity contribution in [2.24, 2.45) is 0 Å². The second-order valence-corrected chi connectivity index (χ2v) is 36.8. The molecule has 120 heavy (non-hydrogen) atoms. The van der Waals surface area contributed by atoms with E-state index < -0.39 is 52.5 Å². The standard InChI is InChI=1S/C115H101BN4/c1-72-60-73(2)108(74(3)61-72)83-62-106-109-107(63-83)120(111-94(81-48-44-77(45-49-81)75-32-20-16-21-33-75)68-87(115(13,14)15)69-95(111)82-50-46-78(47-51-82)76-34-22-17-23-35-76)105-71-89(118-101-43-31-29-41-91(101)97-65-85(113(7,8)9)53-59-103(97)118)55-57-99(105)116(109)98-56-54-88(117-100-42-30-28-40-90(100)96-64-84(112(4,5)6)52-58-102(96)117)70-104(98)119(106)110-92(79-36-24-18-25-37-79)66-86(114(10,11)12)67-93(110)80-38-26-19-27-39-80/h16-71H,1-15H3/i28D,29D,30D,31D,40D,41D,42D,43D,52D,53D,58D,59D,64D,65D. The monoisotopic (exact) mass is 1560 g/mol. The SMILES string of the molecule is [2H]c1c([2H])c([2H])c2c(c1[2H])c1c([2H])c(C(C)(C)C)c([2H])c([2H])c1n2-c1ccc2c(c1)N(c1c(-c3ccccc3)cc(C(C)(C)C)cc1-c1ccccc1)c1cc(-c3c(C)cc(C)cc3C)cc3c1B2c1ccc(-n2c4c([2H])c([2H])c([2H])c([2H])c4c4c([2H])c(C(C)(C)C)c([2H])c([2H])c42)cc1N3c1c(-c2ccc(-c3ccccc3)cc2)cc(C(C)(C)C)cc1-c1ccc(-c2ccccc2)cc1. The van der Waals surface area contributed by atoms with E-state index in [-0.39, 0.29) is 115 Å². The normalized spacial score (nSPS) is 14.5. The minimum Gasteiger partial charge on any atom is -0.310 e. The Morgan fingerprint density at radius 1 is 0.275 bits per heavy atom. The quantitative estimate of drug-likeness (QED) is 0.120. The summed E-state index contributed by atoms with van der Waals surface area (Å²) in [5.74, 6) is 0. The molecule has 2 aromatic heterocycles. The molecule has 18 aromatic rings. The van der Waals surface area contributed by atoms with Crippen LogP contribution in [-0.4, -0.2) is 15.8 Å². The van der Waals surface area contributed by atoms with Crippen molar-refractivity contribution in [1.29, 1.82) is 0 Å². The number of rotatable bonds is 11. The van der Waals surface area contributed by atoms with Gasteiger partial charge >= 0.3 is 0 Å². The number of benzene rings is 16. The molecule has 0 fully saturated rings. The van der Waals surface area contributed by atoms with Crippen LogP contribution in [0.1, 0.15) is 141 Å². The molecule has 0 N–H and O–H groups in total. The zero-order valence-corrected chi connectivity index (χ0v) is 70.6.